The van der Waals surface area contributed by atoms with Gasteiger partial charge in [0.1, 0.15) is 0 Å². The number of aliphatic hydroxyl groups excluding tert-OH is 1. The number of likely N-dealkylation sites (N-methyl/N-ethyl adjacent to an activating group) is 1. The van der Waals surface area contributed by atoms with Crippen LogP contribution in [0.2, 0.25) is 0 Å². The molecule has 2 unspecified atom stereocenters. The highest BCUT2D eigenvalue weighted by Gasteiger charge is 2.35. The van der Waals surface area contributed by atoms with Gasteiger partial charge in [-0.05, 0) is 44.5 Å². The molecule has 0 bridgehead atoms. The molecule has 0 aliphatic rings. The lowest BCUT2D eigenvalue weighted by Gasteiger charge is -2.43. The van der Waals surface area contributed by atoms with E-state index in [1.54, 1.807) is 0 Å². The Morgan fingerprint density at radius 2 is 1.74 bits per heavy atom. The van der Waals surface area contributed by atoms with E-state index in [0.717, 1.165) is 25.9 Å². The van der Waals surface area contributed by atoms with Gasteiger partial charge >= 0.3 is 0 Å². The Morgan fingerprint density at radius 3 is 2.21 bits per heavy atom. The highest BCUT2D eigenvalue weighted by molar-refractivity contribution is 5.26. The quantitative estimate of drug-likeness (QED) is 0.815. The third-order valence-electron chi connectivity index (χ3n) is 4.59. The molecule has 0 saturated carbocycles. The van der Waals surface area contributed by atoms with Crippen molar-refractivity contribution in [1.82, 2.24) is 4.90 Å². The maximum atomic E-state index is 10.7. The maximum Gasteiger partial charge on any atom is 0.0761 e. The second kappa shape index (κ2) is 7.06. The zero-order valence-electron chi connectivity index (χ0n) is 13.1. The topological polar surface area (TPSA) is 23.5 Å². The van der Waals surface area contributed by atoms with Crippen molar-refractivity contribution in [3.63, 3.8) is 0 Å². The van der Waals surface area contributed by atoms with Gasteiger partial charge in [0.15, 0.2) is 0 Å². The third kappa shape index (κ3) is 3.58. The smallest absolute Gasteiger partial charge is 0.0761 e. The standard InChI is InChI=1S/C17H29NO/c1-6-17(5,18(7-2)8-3)16(19)13-15-12-10-9-11-14(15)4/h9-12,16,19H,6-8,13H2,1-5H3. The van der Waals surface area contributed by atoms with Crippen LogP contribution < -0.4 is 0 Å². The third-order valence-corrected chi connectivity index (χ3v) is 4.59. The van der Waals surface area contributed by atoms with Gasteiger partial charge in [-0.3, -0.25) is 4.90 Å². The van der Waals surface area contributed by atoms with Crippen LogP contribution in [0, 0.1) is 6.92 Å². The van der Waals surface area contributed by atoms with E-state index in [1.165, 1.54) is 11.1 Å². The molecule has 0 spiro atoms. The largest absolute Gasteiger partial charge is 0.391 e. The SMILES string of the molecule is CCN(CC)C(C)(CC)C(O)Cc1ccccc1C. The summed E-state index contributed by atoms with van der Waals surface area (Å²) in [5, 5.41) is 10.7. The minimum absolute atomic E-state index is 0.147. The van der Waals surface area contributed by atoms with Crippen LogP contribution in [0.3, 0.4) is 0 Å². The molecular weight excluding hydrogens is 234 g/mol. The Balaban J connectivity index is 2.90. The van der Waals surface area contributed by atoms with Crippen LogP contribution in [0.15, 0.2) is 24.3 Å². The van der Waals surface area contributed by atoms with Gasteiger partial charge in [-0.15, -0.1) is 0 Å². The van der Waals surface area contributed by atoms with E-state index >= 15 is 0 Å². The average molecular weight is 263 g/mol. The van der Waals surface area contributed by atoms with Gasteiger partial charge in [0.05, 0.1) is 6.10 Å². The molecule has 0 aromatic heterocycles. The first-order valence-electron chi connectivity index (χ1n) is 7.47. The lowest BCUT2D eigenvalue weighted by atomic mass is 9.85. The summed E-state index contributed by atoms with van der Waals surface area (Å²) in [6.45, 7) is 12.7. The zero-order chi connectivity index (χ0) is 14.5. The number of aliphatic hydroxyl groups is 1. The first kappa shape index (κ1) is 16.2. The van der Waals surface area contributed by atoms with Crippen LogP contribution in [-0.2, 0) is 6.42 Å². The second-order valence-electron chi connectivity index (χ2n) is 5.53. The van der Waals surface area contributed by atoms with Crippen molar-refractivity contribution in [3.05, 3.63) is 35.4 Å². The normalized spacial score (nSPS) is 16.4. The molecule has 0 aliphatic heterocycles. The van der Waals surface area contributed by atoms with Crippen LogP contribution in [0.4, 0.5) is 0 Å². The van der Waals surface area contributed by atoms with Crippen molar-refractivity contribution < 1.29 is 5.11 Å². The van der Waals surface area contributed by atoms with E-state index in [-0.39, 0.29) is 11.6 Å². The maximum absolute atomic E-state index is 10.7. The summed E-state index contributed by atoms with van der Waals surface area (Å²) in [5.74, 6) is 0. The zero-order valence-corrected chi connectivity index (χ0v) is 13.1. The average Bonchev–Trinajstić information content (AvgIpc) is 2.42. The monoisotopic (exact) mass is 263 g/mol. The summed E-state index contributed by atoms with van der Waals surface area (Å²) in [6, 6.07) is 8.34. The van der Waals surface area contributed by atoms with Crippen LogP contribution >= 0.6 is 0 Å². The fourth-order valence-electron chi connectivity index (χ4n) is 2.88. The predicted octanol–water partition coefficient (Wildman–Crippen LogP) is 3.41. The van der Waals surface area contributed by atoms with Crippen LogP contribution in [-0.4, -0.2) is 34.7 Å². The molecule has 2 nitrogen and oxygen atoms in total. The van der Waals surface area contributed by atoms with Crippen molar-refractivity contribution in [2.75, 3.05) is 13.1 Å². The molecule has 0 amide bonds. The highest BCUT2D eigenvalue weighted by Crippen LogP contribution is 2.26. The number of rotatable bonds is 7. The fraction of sp³-hybridized carbons (Fsp3) is 0.647. The molecule has 19 heavy (non-hydrogen) atoms. The molecule has 108 valence electrons. The number of nitrogens with zero attached hydrogens (tertiary/aromatic N) is 1. The van der Waals surface area contributed by atoms with E-state index in [4.69, 9.17) is 0 Å². The van der Waals surface area contributed by atoms with Gasteiger partial charge in [-0.2, -0.15) is 0 Å². The summed E-state index contributed by atoms with van der Waals surface area (Å²) in [4.78, 5) is 2.37. The molecule has 1 N–H and O–H groups in total. The summed E-state index contributed by atoms with van der Waals surface area (Å²) in [5.41, 5.74) is 2.37. The van der Waals surface area contributed by atoms with Crippen molar-refractivity contribution in [3.8, 4) is 0 Å². The number of benzene rings is 1. The van der Waals surface area contributed by atoms with E-state index in [1.807, 2.05) is 0 Å². The van der Waals surface area contributed by atoms with Gasteiger partial charge in [0.25, 0.3) is 0 Å². The van der Waals surface area contributed by atoms with Crippen molar-refractivity contribution in [1.29, 1.82) is 0 Å². The minimum atomic E-state index is -0.335. The molecule has 0 radical (unpaired) electrons. The molecule has 0 aliphatic carbocycles. The highest BCUT2D eigenvalue weighted by atomic mass is 16.3. The predicted molar refractivity (Wildman–Crippen MR) is 82.5 cm³/mol. The number of hydrogen-bond donors (Lipinski definition) is 1. The van der Waals surface area contributed by atoms with Crippen molar-refractivity contribution >= 4 is 0 Å². The van der Waals surface area contributed by atoms with E-state index in [0.29, 0.717) is 0 Å². The van der Waals surface area contributed by atoms with E-state index in [9.17, 15) is 5.11 Å². The van der Waals surface area contributed by atoms with Crippen molar-refractivity contribution in [2.45, 2.75) is 59.1 Å². The van der Waals surface area contributed by atoms with Gasteiger partial charge in [0, 0.05) is 12.0 Å². The minimum Gasteiger partial charge on any atom is -0.391 e. The fourth-order valence-corrected chi connectivity index (χ4v) is 2.88. The Morgan fingerprint density at radius 1 is 1.16 bits per heavy atom. The molecule has 2 heteroatoms. The van der Waals surface area contributed by atoms with Gasteiger partial charge in [-0.25, -0.2) is 0 Å². The lowest BCUT2D eigenvalue weighted by Crippen LogP contribution is -2.54. The lowest BCUT2D eigenvalue weighted by molar-refractivity contribution is -0.0191. The Bertz CT molecular complexity index is 387. The molecule has 0 saturated heterocycles. The first-order chi connectivity index (χ1) is 8.99. The molecule has 1 aromatic rings. The molecular formula is C17H29NO. The molecule has 0 fully saturated rings. The summed E-state index contributed by atoms with van der Waals surface area (Å²) < 4.78 is 0. The molecule has 1 aromatic carbocycles. The van der Waals surface area contributed by atoms with E-state index in [2.05, 4.69) is 63.8 Å². The van der Waals surface area contributed by atoms with E-state index < -0.39 is 0 Å². The molecule has 0 heterocycles. The molecule has 1 rings (SSSR count). The van der Waals surface area contributed by atoms with Gasteiger partial charge < -0.3 is 5.11 Å². The van der Waals surface area contributed by atoms with Crippen LogP contribution in [0.5, 0.6) is 0 Å². The first-order valence-corrected chi connectivity index (χ1v) is 7.47. The summed E-state index contributed by atoms with van der Waals surface area (Å²) in [7, 11) is 0. The molecule has 2 atom stereocenters. The van der Waals surface area contributed by atoms with Gasteiger partial charge in [0.2, 0.25) is 0 Å². The summed E-state index contributed by atoms with van der Waals surface area (Å²) in [6.07, 6.45) is 1.36. The number of hydrogen-bond acceptors (Lipinski definition) is 2. The van der Waals surface area contributed by atoms with Crippen LogP contribution in [0.1, 0.15) is 45.2 Å². The Labute approximate surface area is 118 Å². The Kier molecular flexibility index (Phi) is 6.02. The Hall–Kier alpha value is -0.860. The van der Waals surface area contributed by atoms with Crippen molar-refractivity contribution in [2.24, 2.45) is 0 Å². The second-order valence-corrected chi connectivity index (χ2v) is 5.53. The van der Waals surface area contributed by atoms with Crippen LogP contribution in [0.25, 0.3) is 0 Å². The van der Waals surface area contributed by atoms with Gasteiger partial charge in [-0.1, -0.05) is 45.0 Å². The number of aryl methyl sites for hydroxylation is 1. The summed E-state index contributed by atoms with van der Waals surface area (Å²) >= 11 is 0.